The second kappa shape index (κ2) is 8.51. The second-order valence-electron chi connectivity index (χ2n) is 7.59. The number of hydrogen-bond donors (Lipinski definition) is 4. The van der Waals surface area contributed by atoms with Gasteiger partial charge in [-0.05, 0) is 48.0 Å². The molecular weight excluding hydrogens is 432 g/mol. The maximum absolute atomic E-state index is 12.6. The number of carboxylic acid groups (broad SMARTS) is 1. The van der Waals surface area contributed by atoms with E-state index in [0.29, 0.717) is 22.4 Å². The van der Waals surface area contributed by atoms with Crippen molar-refractivity contribution in [3.05, 3.63) is 96.2 Å². The summed E-state index contributed by atoms with van der Waals surface area (Å²) in [4.78, 5) is 28.2. The minimum Gasteiger partial charge on any atom is -0.505 e. The van der Waals surface area contributed by atoms with Crippen LogP contribution in [0.25, 0.3) is 22.4 Å². The number of aromatic hydroxyl groups is 1. The number of anilines is 2. The number of nitrogens with one attached hydrogen (secondary N) is 2. The molecule has 0 aliphatic carbocycles. The Bertz CT molecular complexity index is 1470. The molecule has 0 saturated heterocycles. The number of phenols is 1. The number of carbonyl (C=O) groups is 2. The van der Waals surface area contributed by atoms with Crippen LogP contribution in [-0.4, -0.2) is 32.8 Å². The summed E-state index contributed by atoms with van der Waals surface area (Å²) in [6.45, 7) is 0. The molecule has 0 saturated carbocycles. The summed E-state index contributed by atoms with van der Waals surface area (Å²) in [6, 6.07) is 22.4. The Morgan fingerprint density at radius 1 is 0.912 bits per heavy atom. The number of para-hydroxylation sites is 1. The second-order valence-corrected chi connectivity index (χ2v) is 7.59. The number of amides is 1. The Morgan fingerprint density at radius 2 is 1.76 bits per heavy atom. The maximum Gasteiger partial charge on any atom is 0.335 e. The van der Waals surface area contributed by atoms with Crippen molar-refractivity contribution in [1.82, 2.24) is 4.98 Å². The predicted octanol–water partition coefficient (Wildman–Crippen LogP) is 4.59. The van der Waals surface area contributed by atoms with Crippen LogP contribution in [0.2, 0.25) is 0 Å². The first-order valence-corrected chi connectivity index (χ1v) is 10.4. The van der Waals surface area contributed by atoms with Crippen molar-refractivity contribution < 1.29 is 19.8 Å². The van der Waals surface area contributed by atoms with Gasteiger partial charge in [0.25, 0.3) is 5.91 Å². The van der Waals surface area contributed by atoms with Crippen LogP contribution in [-0.2, 0) is 4.79 Å². The Labute approximate surface area is 194 Å². The lowest BCUT2D eigenvalue weighted by Crippen LogP contribution is -2.15. The van der Waals surface area contributed by atoms with Crippen LogP contribution in [0.3, 0.4) is 0 Å². The monoisotopic (exact) mass is 450 g/mol. The van der Waals surface area contributed by atoms with Gasteiger partial charge in [0.2, 0.25) is 0 Å². The summed E-state index contributed by atoms with van der Waals surface area (Å²) in [7, 11) is 0. The number of fused-ring (bicyclic) bond motifs is 1. The quantitative estimate of drug-likeness (QED) is 0.260. The topological polar surface area (TPSA) is 124 Å². The standard InChI is InChI=1S/C26H18N4O4/c31-24-18(15-5-3-6-17(13-15)26(33)34)7-4-9-21(24)29-30-23-19-11-10-16(14-22(19)28-25(23)32)20-8-1-2-12-27-20/h1-14,29,31H,(H,33,34)(H,28,30,32). The normalized spacial score (nSPS) is 13.4. The van der Waals surface area contributed by atoms with Crippen molar-refractivity contribution in [3.63, 3.8) is 0 Å². The van der Waals surface area contributed by atoms with E-state index in [1.165, 1.54) is 12.1 Å². The van der Waals surface area contributed by atoms with Gasteiger partial charge in [-0.1, -0.05) is 36.4 Å². The van der Waals surface area contributed by atoms with Crippen LogP contribution in [0.4, 0.5) is 11.4 Å². The average Bonchev–Trinajstić information content (AvgIpc) is 3.18. The van der Waals surface area contributed by atoms with E-state index >= 15 is 0 Å². The summed E-state index contributed by atoms with van der Waals surface area (Å²) >= 11 is 0. The summed E-state index contributed by atoms with van der Waals surface area (Å²) < 4.78 is 0. The zero-order valence-corrected chi connectivity index (χ0v) is 17.7. The smallest absolute Gasteiger partial charge is 0.335 e. The maximum atomic E-state index is 12.6. The number of phenolic OH excluding ortho intramolecular Hbond substituents is 1. The fraction of sp³-hybridized carbons (Fsp3) is 0. The van der Waals surface area contributed by atoms with E-state index in [1.54, 1.807) is 42.6 Å². The average molecular weight is 450 g/mol. The van der Waals surface area contributed by atoms with Crippen molar-refractivity contribution in [2.45, 2.75) is 0 Å². The van der Waals surface area contributed by atoms with E-state index < -0.39 is 5.97 Å². The molecule has 1 aliphatic rings. The van der Waals surface area contributed by atoms with Crippen LogP contribution in [0.15, 0.2) is 90.2 Å². The molecule has 1 aliphatic heterocycles. The number of nitrogens with zero attached hydrogens (tertiary/aromatic N) is 2. The van der Waals surface area contributed by atoms with Crippen molar-refractivity contribution in [2.24, 2.45) is 5.10 Å². The van der Waals surface area contributed by atoms with Gasteiger partial charge in [-0.2, -0.15) is 5.10 Å². The van der Waals surface area contributed by atoms with E-state index in [2.05, 4.69) is 20.8 Å². The Hall–Kier alpha value is -4.98. The van der Waals surface area contributed by atoms with Gasteiger partial charge in [-0.15, -0.1) is 0 Å². The molecule has 4 aromatic rings. The van der Waals surface area contributed by atoms with Gasteiger partial charge in [0.1, 0.15) is 5.75 Å². The summed E-state index contributed by atoms with van der Waals surface area (Å²) in [6.07, 6.45) is 1.70. The molecule has 1 aromatic heterocycles. The number of carboxylic acids is 1. The Morgan fingerprint density at radius 3 is 2.56 bits per heavy atom. The van der Waals surface area contributed by atoms with Gasteiger partial charge in [-0.3, -0.25) is 15.2 Å². The number of benzene rings is 3. The minimum absolute atomic E-state index is 0.111. The molecule has 166 valence electrons. The molecule has 0 fully saturated rings. The van der Waals surface area contributed by atoms with Crippen LogP contribution < -0.4 is 10.7 Å². The van der Waals surface area contributed by atoms with E-state index in [4.69, 9.17) is 0 Å². The van der Waals surface area contributed by atoms with Crippen molar-refractivity contribution in [2.75, 3.05) is 10.7 Å². The third-order valence-corrected chi connectivity index (χ3v) is 5.44. The lowest BCUT2D eigenvalue weighted by molar-refractivity contribution is -0.110. The van der Waals surface area contributed by atoms with E-state index in [1.807, 2.05) is 30.3 Å². The van der Waals surface area contributed by atoms with Gasteiger partial charge in [0.15, 0.2) is 5.71 Å². The fourth-order valence-corrected chi connectivity index (χ4v) is 3.76. The molecule has 3 aromatic carbocycles. The fourth-order valence-electron chi connectivity index (χ4n) is 3.76. The molecule has 0 unspecified atom stereocenters. The number of aromatic carboxylic acids is 1. The Balaban J connectivity index is 1.44. The first-order chi connectivity index (χ1) is 16.5. The highest BCUT2D eigenvalue weighted by Gasteiger charge is 2.27. The summed E-state index contributed by atoms with van der Waals surface area (Å²) in [5, 5.41) is 27.1. The minimum atomic E-state index is -1.06. The zero-order valence-electron chi connectivity index (χ0n) is 17.7. The number of hydrazone groups is 1. The number of hydrogen-bond acceptors (Lipinski definition) is 6. The third kappa shape index (κ3) is 3.84. The first-order valence-electron chi connectivity index (χ1n) is 10.4. The van der Waals surface area contributed by atoms with Crippen molar-refractivity contribution >= 4 is 29.0 Å². The zero-order chi connectivity index (χ0) is 23.7. The molecule has 5 rings (SSSR count). The molecule has 0 radical (unpaired) electrons. The van der Waals surface area contributed by atoms with E-state index in [9.17, 15) is 19.8 Å². The van der Waals surface area contributed by atoms with E-state index in [-0.39, 0.29) is 28.6 Å². The molecule has 2 heterocycles. The molecule has 1 amide bonds. The summed E-state index contributed by atoms with van der Waals surface area (Å²) in [5.41, 5.74) is 7.21. The van der Waals surface area contributed by atoms with Crippen LogP contribution >= 0.6 is 0 Å². The molecular formula is C26H18N4O4. The lowest BCUT2D eigenvalue weighted by Gasteiger charge is -2.10. The van der Waals surface area contributed by atoms with Gasteiger partial charge in [-0.25, -0.2) is 4.79 Å². The Kier molecular flexibility index (Phi) is 5.23. The van der Waals surface area contributed by atoms with E-state index in [0.717, 1.165) is 11.3 Å². The number of pyridine rings is 1. The SMILES string of the molecule is O=C1Nc2cc(-c3ccccn3)ccc2C1=NNc1cccc(-c2cccc(C(=O)O)c2)c1O. The van der Waals surface area contributed by atoms with Gasteiger partial charge >= 0.3 is 5.97 Å². The van der Waals surface area contributed by atoms with Gasteiger partial charge < -0.3 is 15.5 Å². The van der Waals surface area contributed by atoms with Crippen molar-refractivity contribution in [3.8, 4) is 28.1 Å². The number of aromatic nitrogens is 1. The van der Waals surface area contributed by atoms with Crippen LogP contribution in [0.1, 0.15) is 15.9 Å². The highest BCUT2D eigenvalue weighted by Crippen LogP contribution is 2.36. The molecule has 0 spiro atoms. The summed E-state index contributed by atoms with van der Waals surface area (Å²) in [5.74, 6) is -1.54. The highest BCUT2D eigenvalue weighted by molar-refractivity contribution is 6.54. The van der Waals surface area contributed by atoms with Gasteiger partial charge in [0.05, 0.1) is 22.6 Å². The third-order valence-electron chi connectivity index (χ3n) is 5.44. The van der Waals surface area contributed by atoms with Crippen LogP contribution in [0, 0.1) is 0 Å². The predicted molar refractivity (Wildman–Crippen MR) is 129 cm³/mol. The molecule has 0 bridgehead atoms. The molecule has 8 heteroatoms. The van der Waals surface area contributed by atoms with Crippen molar-refractivity contribution in [1.29, 1.82) is 0 Å². The molecule has 0 atom stereocenters. The highest BCUT2D eigenvalue weighted by atomic mass is 16.4. The first kappa shape index (κ1) is 20.9. The lowest BCUT2D eigenvalue weighted by atomic mass is 10.0. The molecule has 4 N–H and O–H groups in total. The van der Waals surface area contributed by atoms with Gasteiger partial charge in [0, 0.05) is 22.9 Å². The van der Waals surface area contributed by atoms with Crippen LogP contribution in [0.5, 0.6) is 5.75 Å². The number of carbonyl (C=O) groups excluding carboxylic acids is 1. The molecule has 34 heavy (non-hydrogen) atoms. The largest absolute Gasteiger partial charge is 0.505 e. The number of rotatable bonds is 5. The molecule has 8 nitrogen and oxygen atoms in total.